The fraction of sp³-hybridized carbons (Fsp3) is 0.0526. The average Bonchev–Trinajstić information content (AvgIpc) is 3.04. The van der Waals surface area contributed by atoms with Crippen molar-refractivity contribution < 1.29 is 4.42 Å². The van der Waals surface area contributed by atoms with Crippen molar-refractivity contribution in [2.45, 2.75) is 6.92 Å². The first-order chi connectivity index (χ1) is 11.3. The second-order valence-corrected chi connectivity index (χ2v) is 5.35. The molecule has 0 spiro atoms. The topological polar surface area (TPSA) is 50.4 Å². The number of rotatable bonds is 3. The number of nitrogens with one attached hydrogen (secondary N) is 1. The molecule has 1 N–H and O–H groups in total. The van der Waals surface area contributed by atoms with Gasteiger partial charge in [0.15, 0.2) is 5.76 Å². The van der Waals surface area contributed by atoms with Crippen LogP contribution in [-0.4, -0.2) is 10.7 Å². The maximum Gasteiger partial charge on any atom is 0.151 e. The van der Waals surface area contributed by atoms with E-state index >= 15 is 0 Å². The molecule has 0 saturated carbocycles. The van der Waals surface area contributed by atoms with Crippen LogP contribution < -0.4 is 5.43 Å². The van der Waals surface area contributed by atoms with Gasteiger partial charge in [-0.15, -0.1) is 0 Å². The second kappa shape index (κ2) is 5.57. The third kappa shape index (κ3) is 2.66. The number of aromatic nitrogens is 1. The highest BCUT2D eigenvalue weighted by molar-refractivity contribution is 6.00. The van der Waals surface area contributed by atoms with Crippen LogP contribution in [0, 0.1) is 0 Å². The summed E-state index contributed by atoms with van der Waals surface area (Å²) in [6, 6.07) is 21.8. The molecule has 23 heavy (non-hydrogen) atoms. The Morgan fingerprint density at radius 3 is 2.61 bits per heavy atom. The van der Waals surface area contributed by atoms with Crippen molar-refractivity contribution in [2.24, 2.45) is 5.10 Å². The summed E-state index contributed by atoms with van der Waals surface area (Å²) in [4.78, 5) is 4.53. The van der Waals surface area contributed by atoms with Crippen LogP contribution in [0.3, 0.4) is 0 Å². The van der Waals surface area contributed by atoms with E-state index in [4.69, 9.17) is 4.42 Å². The molecule has 2 heterocycles. The Morgan fingerprint density at radius 2 is 1.74 bits per heavy atom. The number of benzene rings is 2. The summed E-state index contributed by atoms with van der Waals surface area (Å²) in [5, 5.41) is 6.55. The zero-order valence-electron chi connectivity index (χ0n) is 12.7. The Hall–Kier alpha value is -3.14. The molecular weight excluding hydrogens is 286 g/mol. The monoisotopic (exact) mass is 301 g/mol. The lowest BCUT2D eigenvalue weighted by atomic mass is 10.2. The van der Waals surface area contributed by atoms with Crippen molar-refractivity contribution in [3.05, 3.63) is 72.5 Å². The number of hydrogen-bond acceptors (Lipinski definition) is 4. The fourth-order valence-electron chi connectivity index (χ4n) is 2.48. The van der Waals surface area contributed by atoms with E-state index in [0.29, 0.717) is 5.82 Å². The number of pyridine rings is 1. The van der Waals surface area contributed by atoms with Gasteiger partial charge in [-0.2, -0.15) is 5.10 Å². The lowest BCUT2D eigenvalue weighted by Gasteiger charge is -2.03. The van der Waals surface area contributed by atoms with Crippen LogP contribution in [0.25, 0.3) is 21.9 Å². The predicted molar refractivity (Wildman–Crippen MR) is 93.8 cm³/mol. The number of para-hydroxylation sites is 2. The summed E-state index contributed by atoms with van der Waals surface area (Å²) in [7, 11) is 0. The number of furan rings is 1. The maximum absolute atomic E-state index is 5.80. The van der Waals surface area contributed by atoms with Gasteiger partial charge in [-0.05, 0) is 37.3 Å². The molecule has 0 amide bonds. The number of anilines is 1. The van der Waals surface area contributed by atoms with Crippen molar-refractivity contribution in [2.75, 3.05) is 5.43 Å². The molecule has 0 fully saturated rings. The van der Waals surface area contributed by atoms with E-state index in [1.165, 1.54) is 0 Å². The number of hydrazone groups is 1. The second-order valence-electron chi connectivity index (χ2n) is 5.35. The van der Waals surface area contributed by atoms with Gasteiger partial charge in [-0.3, -0.25) is 5.43 Å². The molecule has 0 aliphatic carbocycles. The fourth-order valence-corrected chi connectivity index (χ4v) is 2.48. The predicted octanol–water partition coefficient (Wildman–Crippen LogP) is 4.82. The SMILES string of the molecule is C/C(=N\Nc1ccc2ccccc2n1)c1cc2ccccc2o1. The smallest absolute Gasteiger partial charge is 0.151 e. The van der Waals surface area contributed by atoms with Crippen LogP contribution in [-0.2, 0) is 0 Å². The van der Waals surface area contributed by atoms with Crippen LogP contribution in [0.5, 0.6) is 0 Å². The van der Waals surface area contributed by atoms with Gasteiger partial charge in [0.05, 0.1) is 5.52 Å². The first kappa shape index (κ1) is 13.5. The lowest BCUT2D eigenvalue weighted by molar-refractivity contribution is 0.604. The molecule has 4 aromatic rings. The molecule has 0 saturated heterocycles. The normalized spacial score (nSPS) is 12.0. The summed E-state index contributed by atoms with van der Waals surface area (Å²) >= 11 is 0. The molecule has 112 valence electrons. The zero-order valence-corrected chi connectivity index (χ0v) is 12.7. The molecule has 0 atom stereocenters. The van der Waals surface area contributed by atoms with E-state index in [0.717, 1.165) is 33.3 Å². The molecule has 2 aromatic carbocycles. The van der Waals surface area contributed by atoms with E-state index in [9.17, 15) is 0 Å². The third-order valence-corrected chi connectivity index (χ3v) is 3.72. The third-order valence-electron chi connectivity index (χ3n) is 3.72. The van der Waals surface area contributed by atoms with Crippen LogP contribution >= 0.6 is 0 Å². The highest BCUT2D eigenvalue weighted by Gasteiger charge is 2.06. The molecular formula is C19H15N3O. The molecule has 0 aliphatic heterocycles. The number of hydrogen-bond donors (Lipinski definition) is 1. The van der Waals surface area contributed by atoms with Gasteiger partial charge in [0.1, 0.15) is 17.1 Å². The average molecular weight is 301 g/mol. The van der Waals surface area contributed by atoms with E-state index in [-0.39, 0.29) is 0 Å². The van der Waals surface area contributed by atoms with Gasteiger partial charge >= 0.3 is 0 Å². The molecule has 0 aliphatic rings. The van der Waals surface area contributed by atoms with Crippen molar-refractivity contribution >= 4 is 33.4 Å². The van der Waals surface area contributed by atoms with E-state index in [1.54, 1.807) is 0 Å². The highest BCUT2D eigenvalue weighted by Crippen LogP contribution is 2.20. The molecule has 4 rings (SSSR count). The first-order valence-corrected chi connectivity index (χ1v) is 7.45. The molecule has 0 unspecified atom stereocenters. The largest absolute Gasteiger partial charge is 0.455 e. The van der Waals surface area contributed by atoms with Crippen LogP contribution in [0.2, 0.25) is 0 Å². The van der Waals surface area contributed by atoms with Crippen molar-refractivity contribution in [1.82, 2.24) is 4.98 Å². The van der Waals surface area contributed by atoms with Gasteiger partial charge in [0, 0.05) is 10.8 Å². The van der Waals surface area contributed by atoms with Gasteiger partial charge in [-0.1, -0.05) is 36.4 Å². The number of fused-ring (bicyclic) bond motifs is 2. The molecule has 4 heteroatoms. The first-order valence-electron chi connectivity index (χ1n) is 7.45. The van der Waals surface area contributed by atoms with Crippen molar-refractivity contribution in [3.63, 3.8) is 0 Å². The Kier molecular flexibility index (Phi) is 3.27. The van der Waals surface area contributed by atoms with E-state index < -0.39 is 0 Å². The molecule has 2 aromatic heterocycles. The summed E-state index contributed by atoms with van der Waals surface area (Å²) in [5.41, 5.74) is 5.57. The Bertz CT molecular complexity index is 984. The van der Waals surface area contributed by atoms with Gasteiger partial charge in [0.25, 0.3) is 0 Å². The summed E-state index contributed by atoms with van der Waals surface area (Å²) in [6.07, 6.45) is 0. The summed E-state index contributed by atoms with van der Waals surface area (Å²) in [5.74, 6) is 1.46. The Balaban J connectivity index is 1.61. The Labute approximate surface area is 133 Å². The minimum Gasteiger partial charge on any atom is -0.455 e. The van der Waals surface area contributed by atoms with Gasteiger partial charge < -0.3 is 4.42 Å². The van der Waals surface area contributed by atoms with Crippen LogP contribution in [0.1, 0.15) is 12.7 Å². The molecule has 0 bridgehead atoms. The molecule has 0 radical (unpaired) electrons. The lowest BCUT2D eigenvalue weighted by Crippen LogP contribution is -1.99. The van der Waals surface area contributed by atoms with E-state index in [1.807, 2.05) is 73.7 Å². The summed E-state index contributed by atoms with van der Waals surface area (Å²) < 4.78 is 5.80. The highest BCUT2D eigenvalue weighted by atomic mass is 16.3. The van der Waals surface area contributed by atoms with Gasteiger partial charge in [0.2, 0.25) is 0 Å². The Morgan fingerprint density at radius 1 is 0.957 bits per heavy atom. The number of nitrogens with zero attached hydrogens (tertiary/aromatic N) is 2. The van der Waals surface area contributed by atoms with Crippen molar-refractivity contribution in [1.29, 1.82) is 0 Å². The standard InChI is InChI=1S/C19H15N3O/c1-13(18-12-15-7-3-5-9-17(15)23-18)21-22-19-11-10-14-6-2-4-8-16(14)20-19/h2-12H,1H3,(H,20,22)/b21-13+. The summed E-state index contributed by atoms with van der Waals surface area (Å²) in [6.45, 7) is 1.91. The zero-order chi connectivity index (χ0) is 15.6. The minimum atomic E-state index is 0.708. The van der Waals surface area contributed by atoms with Gasteiger partial charge in [-0.25, -0.2) is 4.98 Å². The van der Waals surface area contributed by atoms with Crippen LogP contribution in [0.15, 0.2) is 76.2 Å². The van der Waals surface area contributed by atoms with E-state index in [2.05, 4.69) is 15.5 Å². The quantitative estimate of drug-likeness (QED) is 0.436. The maximum atomic E-state index is 5.80. The van der Waals surface area contributed by atoms with Crippen LogP contribution in [0.4, 0.5) is 5.82 Å². The molecule has 4 nitrogen and oxygen atoms in total. The minimum absolute atomic E-state index is 0.708. The van der Waals surface area contributed by atoms with Crippen molar-refractivity contribution in [3.8, 4) is 0 Å².